The van der Waals surface area contributed by atoms with Gasteiger partial charge in [0.1, 0.15) is 0 Å². The maximum atomic E-state index is 6.38. The fraction of sp³-hybridized carbons (Fsp3) is 0.211. The van der Waals surface area contributed by atoms with E-state index in [0.717, 1.165) is 35.5 Å². The van der Waals surface area contributed by atoms with Gasteiger partial charge in [-0.2, -0.15) is 10.1 Å². The molecule has 2 aromatic carbocycles. The number of nitrogens with one attached hydrogen (secondary N) is 1. The standard InChI is InChI=1S/C19H18ClN5/c1-12-9-13(2)18(15(20)10-12)22-17-11-21-24-19(23-17)25-8-7-14-5-3-4-6-16(14)25/h3-6,9-11H,7-8H2,1-2H3,(H,22,23,24). The van der Waals surface area contributed by atoms with Gasteiger partial charge in [-0.05, 0) is 49.1 Å². The summed E-state index contributed by atoms with van der Waals surface area (Å²) in [7, 11) is 0. The van der Waals surface area contributed by atoms with Crippen molar-refractivity contribution in [1.82, 2.24) is 15.2 Å². The van der Waals surface area contributed by atoms with E-state index in [-0.39, 0.29) is 0 Å². The monoisotopic (exact) mass is 351 g/mol. The number of benzene rings is 2. The average Bonchev–Trinajstić information content (AvgIpc) is 3.02. The molecule has 0 atom stereocenters. The lowest BCUT2D eigenvalue weighted by Crippen LogP contribution is -2.17. The van der Waals surface area contributed by atoms with Gasteiger partial charge in [0, 0.05) is 12.2 Å². The highest BCUT2D eigenvalue weighted by molar-refractivity contribution is 6.33. The van der Waals surface area contributed by atoms with Gasteiger partial charge in [0.25, 0.3) is 5.95 Å². The lowest BCUT2D eigenvalue weighted by Gasteiger charge is -2.17. The summed E-state index contributed by atoms with van der Waals surface area (Å²) in [6, 6.07) is 12.3. The van der Waals surface area contributed by atoms with Crippen molar-refractivity contribution in [2.75, 3.05) is 16.8 Å². The average molecular weight is 352 g/mol. The second kappa shape index (κ2) is 6.33. The van der Waals surface area contributed by atoms with Crippen LogP contribution in [0.25, 0.3) is 0 Å². The van der Waals surface area contributed by atoms with Crippen molar-refractivity contribution in [2.24, 2.45) is 0 Å². The third-order valence-corrected chi connectivity index (χ3v) is 4.66. The molecule has 4 rings (SSSR count). The van der Waals surface area contributed by atoms with E-state index < -0.39 is 0 Å². The molecular formula is C19H18ClN5. The van der Waals surface area contributed by atoms with Crippen molar-refractivity contribution >= 4 is 34.7 Å². The van der Waals surface area contributed by atoms with Crippen LogP contribution in [0.2, 0.25) is 5.02 Å². The van der Waals surface area contributed by atoms with Gasteiger partial charge in [0.15, 0.2) is 5.82 Å². The van der Waals surface area contributed by atoms with Gasteiger partial charge in [0.2, 0.25) is 0 Å². The zero-order chi connectivity index (χ0) is 17.4. The van der Waals surface area contributed by atoms with Crippen LogP contribution in [0.4, 0.5) is 23.1 Å². The fourth-order valence-electron chi connectivity index (χ4n) is 3.22. The van der Waals surface area contributed by atoms with Gasteiger partial charge in [0.05, 0.1) is 16.9 Å². The molecule has 0 bridgehead atoms. The van der Waals surface area contributed by atoms with E-state index in [1.165, 1.54) is 5.56 Å². The van der Waals surface area contributed by atoms with Crippen LogP contribution in [-0.2, 0) is 6.42 Å². The Morgan fingerprint density at radius 1 is 1.16 bits per heavy atom. The minimum Gasteiger partial charge on any atom is -0.337 e. The molecule has 1 aliphatic heterocycles. The van der Waals surface area contributed by atoms with Crippen molar-refractivity contribution in [3.63, 3.8) is 0 Å². The van der Waals surface area contributed by atoms with Crippen LogP contribution >= 0.6 is 11.6 Å². The lowest BCUT2D eigenvalue weighted by molar-refractivity contribution is 0.887. The highest BCUT2D eigenvalue weighted by atomic mass is 35.5. The van der Waals surface area contributed by atoms with Gasteiger partial charge in [-0.15, -0.1) is 5.10 Å². The van der Waals surface area contributed by atoms with Crippen molar-refractivity contribution in [2.45, 2.75) is 20.3 Å². The number of aryl methyl sites for hydroxylation is 2. The number of fused-ring (bicyclic) bond motifs is 1. The molecule has 1 aromatic heterocycles. The summed E-state index contributed by atoms with van der Waals surface area (Å²) < 4.78 is 0. The van der Waals surface area contributed by atoms with Crippen molar-refractivity contribution in [3.05, 3.63) is 64.3 Å². The smallest absolute Gasteiger partial charge is 0.251 e. The van der Waals surface area contributed by atoms with Crippen molar-refractivity contribution in [1.29, 1.82) is 0 Å². The Kier molecular flexibility index (Phi) is 4.01. The van der Waals surface area contributed by atoms with E-state index >= 15 is 0 Å². The third-order valence-electron chi connectivity index (χ3n) is 4.36. The second-order valence-electron chi connectivity index (χ2n) is 6.24. The zero-order valence-electron chi connectivity index (χ0n) is 14.1. The summed E-state index contributed by atoms with van der Waals surface area (Å²) >= 11 is 6.38. The molecule has 0 spiro atoms. The lowest BCUT2D eigenvalue weighted by atomic mass is 10.1. The largest absolute Gasteiger partial charge is 0.337 e. The molecule has 0 radical (unpaired) electrons. The first-order valence-corrected chi connectivity index (χ1v) is 8.58. The minimum atomic E-state index is 0.593. The second-order valence-corrected chi connectivity index (χ2v) is 6.64. The highest BCUT2D eigenvalue weighted by Crippen LogP contribution is 2.33. The Balaban J connectivity index is 1.65. The molecule has 0 unspecified atom stereocenters. The summed E-state index contributed by atoms with van der Waals surface area (Å²) in [4.78, 5) is 6.73. The maximum Gasteiger partial charge on any atom is 0.251 e. The first kappa shape index (κ1) is 15.8. The van der Waals surface area contributed by atoms with Crippen LogP contribution in [0.3, 0.4) is 0 Å². The topological polar surface area (TPSA) is 53.9 Å². The molecule has 0 saturated carbocycles. The first-order chi connectivity index (χ1) is 12.1. The molecule has 5 nitrogen and oxygen atoms in total. The predicted octanol–water partition coefficient (Wildman–Crippen LogP) is 4.58. The SMILES string of the molecule is Cc1cc(C)c(Nc2cnnc(N3CCc4ccccc43)n2)c(Cl)c1. The Morgan fingerprint density at radius 3 is 2.84 bits per heavy atom. The van der Waals surface area contributed by atoms with Gasteiger partial charge < -0.3 is 10.2 Å². The fourth-order valence-corrected chi connectivity index (χ4v) is 3.59. The molecule has 25 heavy (non-hydrogen) atoms. The van der Waals surface area contributed by atoms with E-state index in [4.69, 9.17) is 11.6 Å². The quantitative estimate of drug-likeness (QED) is 0.748. The van der Waals surface area contributed by atoms with Gasteiger partial charge in [-0.1, -0.05) is 35.9 Å². The number of nitrogens with zero attached hydrogens (tertiary/aromatic N) is 4. The Bertz CT molecular complexity index is 918. The molecule has 0 fully saturated rings. The number of halogens is 1. The van der Waals surface area contributed by atoms with Crippen LogP contribution in [-0.4, -0.2) is 21.7 Å². The number of rotatable bonds is 3. The minimum absolute atomic E-state index is 0.593. The molecule has 1 aliphatic rings. The normalized spacial score (nSPS) is 13.0. The van der Waals surface area contributed by atoms with Gasteiger partial charge >= 0.3 is 0 Å². The van der Waals surface area contributed by atoms with Gasteiger partial charge in [-0.3, -0.25) is 0 Å². The van der Waals surface area contributed by atoms with E-state index in [1.807, 2.05) is 26.0 Å². The zero-order valence-corrected chi connectivity index (χ0v) is 14.9. The number of anilines is 4. The van der Waals surface area contributed by atoms with Crippen molar-refractivity contribution in [3.8, 4) is 0 Å². The molecule has 1 N–H and O–H groups in total. The number of para-hydroxylation sites is 1. The number of aromatic nitrogens is 3. The molecule has 6 heteroatoms. The first-order valence-electron chi connectivity index (χ1n) is 8.21. The van der Waals surface area contributed by atoms with E-state index in [0.29, 0.717) is 16.8 Å². The van der Waals surface area contributed by atoms with E-state index in [1.54, 1.807) is 6.20 Å². The summed E-state index contributed by atoms with van der Waals surface area (Å²) in [5.74, 6) is 1.22. The predicted molar refractivity (Wildman–Crippen MR) is 101 cm³/mol. The Morgan fingerprint density at radius 2 is 2.00 bits per heavy atom. The molecule has 3 aromatic rings. The summed E-state index contributed by atoms with van der Waals surface area (Å²) in [5.41, 5.74) is 5.49. The molecule has 0 aliphatic carbocycles. The van der Waals surface area contributed by atoms with Crippen LogP contribution in [0, 0.1) is 13.8 Å². The maximum absolute atomic E-state index is 6.38. The van der Waals surface area contributed by atoms with Crippen LogP contribution in [0.1, 0.15) is 16.7 Å². The molecule has 2 heterocycles. The van der Waals surface area contributed by atoms with Crippen LogP contribution < -0.4 is 10.2 Å². The number of hydrogen-bond donors (Lipinski definition) is 1. The van der Waals surface area contributed by atoms with Crippen LogP contribution in [0.15, 0.2) is 42.6 Å². The molecular weight excluding hydrogens is 334 g/mol. The van der Waals surface area contributed by atoms with Crippen molar-refractivity contribution < 1.29 is 0 Å². The Hall–Kier alpha value is -2.66. The third kappa shape index (κ3) is 3.03. The van der Waals surface area contributed by atoms with Crippen LogP contribution in [0.5, 0.6) is 0 Å². The molecule has 0 amide bonds. The van der Waals surface area contributed by atoms with E-state index in [9.17, 15) is 0 Å². The highest BCUT2D eigenvalue weighted by Gasteiger charge is 2.22. The van der Waals surface area contributed by atoms with Gasteiger partial charge in [-0.25, -0.2) is 0 Å². The summed E-state index contributed by atoms with van der Waals surface area (Å²) in [6.45, 7) is 4.90. The Labute approximate surface area is 151 Å². The molecule has 126 valence electrons. The van der Waals surface area contributed by atoms with E-state index in [2.05, 4.69) is 49.7 Å². The summed E-state index contributed by atoms with van der Waals surface area (Å²) in [6.07, 6.45) is 2.60. The summed E-state index contributed by atoms with van der Waals surface area (Å²) in [5, 5.41) is 12.3. The molecule has 0 saturated heterocycles. The number of hydrogen-bond acceptors (Lipinski definition) is 5.